The lowest BCUT2D eigenvalue weighted by molar-refractivity contribution is -0.149. The summed E-state index contributed by atoms with van der Waals surface area (Å²) in [5.74, 6) is -0.970. The number of rotatable bonds is 3. The molecule has 2 N–H and O–H groups in total. The van der Waals surface area contributed by atoms with Crippen LogP contribution < -0.4 is 5.32 Å². The van der Waals surface area contributed by atoms with E-state index in [2.05, 4.69) is 23.5 Å². The molecule has 1 aromatic rings. The lowest BCUT2D eigenvalue weighted by Crippen LogP contribution is -2.56. The van der Waals surface area contributed by atoms with Gasteiger partial charge in [0, 0.05) is 11.3 Å². The first kappa shape index (κ1) is 14.7. The van der Waals surface area contributed by atoms with Gasteiger partial charge in [0.25, 0.3) is 0 Å². The highest BCUT2D eigenvalue weighted by Gasteiger charge is 2.62. The molecule has 1 spiro atoms. The second-order valence-electron chi connectivity index (χ2n) is 7.51. The van der Waals surface area contributed by atoms with Gasteiger partial charge in [-0.3, -0.25) is 4.79 Å². The van der Waals surface area contributed by atoms with E-state index < -0.39 is 11.5 Å². The lowest BCUT2D eigenvalue weighted by atomic mass is 9.81. The van der Waals surface area contributed by atoms with E-state index >= 15 is 0 Å². The Bertz CT molecular complexity index is 662. The van der Waals surface area contributed by atoms with Crippen molar-refractivity contribution in [3.8, 4) is 0 Å². The van der Waals surface area contributed by atoms with Crippen LogP contribution in [-0.2, 0) is 21.4 Å². The fourth-order valence-corrected chi connectivity index (χ4v) is 4.81. The number of amides is 1. The maximum atomic E-state index is 12.8. The second-order valence-corrected chi connectivity index (χ2v) is 7.51. The smallest absolute Gasteiger partial charge is 0.329 e. The molecule has 2 saturated carbocycles. The van der Waals surface area contributed by atoms with Crippen molar-refractivity contribution in [3.63, 3.8) is 0 Å². The Morgan fingerprint density at radius 2 is 1.83 bits per heavy atom. The zero-order chi connectivity index (χ0) is 16.1. The SMILES string of the molecule is O=C(NC1(C(=O)O)CCCCC1)C1CC12CCc1ccccc12. The molecular weight excluding hydrogens is 290 g/mol. The lowest BCUT2D eigenvalue weighted by Gasteiger charge is -2.34. The van der Waals surface area contributed by atoms with Crippen LogP contribution in [0.4, 0.5) is 0 Å². The van der Waals surface area contributed by atoms with Crippen LogP contribution in [0.25, 0.3) is 0 Å². The summed E-state index contributed by atoms with van der Waals surface area (Å²) in [6, 6.07) is 8.39. The van der Waals surface area contributed by atoms with Gasteiger partial charge in [0.1, 0.15) is 5.54 Å². The van der Waals surface area contributed by atoms with Gasteiger partial charge < -0.3 is 10.4 Å². The van der Waals surface area contributed by atoms with Gasteiger partial charge in [-0.1, -0.05) is 43.5 Å². The van der Waals surface area contributed by atoms with E-state index in [-0.39, 0.29) is 17.2 Å². The Labute approximate surface area is 136 Å². The van der Waals surface area contributed by atoms with E-state index in [0.29, 0.717) is 12.8 Å². The van der Waals surface area contributed by atoms with Crippen LogP contribution >= 0.6 is 0 Å². The summed E-state index contributed by atoms with van der Waals surface area (Å²) >= 11 is 0. The van der Waals surface area contributed by atoms with Gasteiger partial charge in [-0.25, -0.2) is 4.79 Å². The van der Waals surface area contributed by atoms with E-state index in [1.54, 1.807) is 0 Å². The molecule has 23 heavy (non-hydrogen) atoms. The standard InChI is InChI=1S/C19H23NO3/c21-16(20-19(17(22)23)9-4-1-5-10-19)15-12-18(15)11-8-13-6-2-3-7-14(13)18/h2-3,6-7,15H,1,4-5,8-12H2,(H,20,21)(H,22,23). The van der Waals surface area contributed by atoms with Crippen molar-refractivity contribution in [1.29, 1.82) is 0 Å². The summed E-state index contributed by atoms with van der Waals surface area (Å²) in [4.78, 5) is 24.5. The zero-order valence-electron chi connectivity index (χ0n) is 13.3. The predicted octanol–water partition coefficient (Wildman–Crippen LogP) is 2.79. The molecule has 2 fully saturated rings. The van der Waals surface area contributed by atoms with Crippen molar-refractivity contribution in [1.82, 2.24) is 5.32 Å². The molecule has 1 amide bonds. The molecule has 2 unspecified atom stereocenters. The molecule has 0 aliphatic heterocycles. The van der Waals surface area contributed by atoms with Gasteiger partial charge in [0.05, 0.1) is 0 Å². The topological polar surface area (TPSA) is 66.4 Å². The molecule has 3 aliphatic carbocycles. The van der Waals surface area contributed by atoms with Gasteiger partial charge in [-0.15, -0.1) is 0 Å². The molecule has 0 aromatic heterocycles. The Balaban J connectivity index is 1.52. The third kappa shape index (κ3) is 2.19. The Morgan fingerprint density at radius 1 is 1.09 bits per heavy atom. The Kier molecular flexibility index (Phi) is 3.26. The third-order valence-electron chi connectivity index (χ3n) is 6.26. The van der Waals surface area contributed by atoms with E-state index in [1.807, 2.05) is 6.07 Å². The highest BCUT2D eigenvalue weighted by molar-refractivity contribution is 5.91. The fourth-order valence-electron chi connectivity index (χ4n) is 4.81. The van der Waals surface area contributed by atoms with Gasteiger partial charge in [0.2, 0.25) is 5.91 Å². The zero-order valence-corrected chi connectivity index (χ0v) is 13.3. The first-order chi connectivity index (χ1) is 11.1. The minimum atomic E-state index is -1.03. The molecule has 2 atom stereocenters. The number of hydrogen-bond acceptors (Lipinski definition) is 2. The van der Waals surface area contributed by atoms with Crippen molar-refractivity contribution in [2.75, 3.05) is 0 Å². The van der Waals surface area contributed by atoms with Crippen LogP contribution in [0, 0.1) is 5.92 Å². The van der Waals surface area contributed by atoms with Gasteiger partial charge in [-0.2, -0.15) is 0 Å². The summed E-state index contributed by atoms with van der Waals surface area (Å²) in [6.07, 6.45) is 6.86. The van der Waals surface area contributed by atoms with Crippen molar-refractivity contribution in [2.24, 2.45) is 5.92 Å². The molecule has 3 aliphatic rings. The van der Waals surface area contributed by atoms with Crippen LogP contribution in [0.15, 0.2) is 24.3 Å². The quantitative estimate of drug-likeness (QED) is 0.902. The normalized spacial score (nSPS) is 30.7. The number of aliphatic carboxylic acids is 1. The number of carbonyl (C=O) groups is 2. The van der Waals surface area contributed by atoms with Gasteiger partial charge in [-0.05, 0) is 43.2 Å². The Morgan fingerprint density at radius 3 is 2.57 bits per heavy atom. The van der Waals surface area contributed by atoms with Gasteiger partial charge in [0.15, 0.2) is 0 Å². The molecule has 4 nitrogen and oxygen atoms in total. The summed E-state index contributed by atoms with van der Waals surface area (Å²) in [5, 5.41) is 12.6. The monoisotopic (exact) mass is 313 g/mol. The average molecular weight is 313 g/mol. The Hall–Kier alpha value is -1.84. The highest BCUT2D eigenvalue weighted by Crippen LogP contribution is 2.61. The molecule has 0 bridgehead atoms. The number of nitrogens with one attached hydrogen (secondary N) is 1. The van der Waals surface area contributed by atoms with Crippen molar-refractivity contribution >= 4 is 11.9 Å². The summed E-state index contributed by atoms with van der Waals surface area (Å²) in [6.45, 7) is 0. The van der Waals surface area contributed by atoms with Crippen LogP contribution in [0.3, 0.4) is 0 Å². The number of benzene rings is 1. The number of aryl methyl sites for hydroxylation is 1. The summed E-state index contributed by atoms with van der Waals surface area (Å²) in [5.41, 5.74) is 1.62. The first-order valence-corrected chi connectivity index (χ1v) is 8.71. The number of carbonyl (C=O) groups excluding carboxylic acids is 1. The second kappa shape index (κ2) is 5.08. The van der Waals surface area contributed by atoms with Crippen LogP contribution in [-0.4, -0.2) is 22.5 Å². The molecule has 4 heteroatoms. The fraction of sp³-hybridized carbons (Fsp3) is 0.579. The largest absolute Gasteiger partial charge is 0.480 e. The van der Waals surface area contributed by atoms with Gasteiger partial charge >= 0.3 is 5.97 Å². The van der Waals surface area contributed by atoms with E-state index in [9.17, 15) is 14.7 Å². The van der Waals surface area contributed by atoms with E-state index in [4.69, 9.17) is 0 Å². The maximum absolute atomic E-state index is 12.8. The average Bonchev–Trinajstić information content (AvgIpc) is 3.18. The van der Waals surface area contributed by atoms with Crippen molar-refractivity contribution in [3.05, 3.63) is 35.4 Å². The first-order valence-electron chi connectivity index (χ1n) is 8.71. The summed E-state index contributed by atoms with van der Waals surface area (Å²) in [7, 11) is 0. The molecule has 0 heterocycles. The van der Waals surface area contributed by atoms with Crippen LogP contribution in [0.5, 0.6) is 0 Å². The minimum Gasteiger partial charge on any atom is -0.480 e. The van der Waals surface area contributed by atoms with Crippen LogP contribution in [0.1, 0.15) is 56.1 Å². The number of carboxylic acids is 1. The highest BCUT2D eigenvalue weighted by atomic mass is 16.4. The maximum Gasteiger partial charge on any atom is 0.329 e. The molecule has 4 rings (SSSR count). The van der Waals surface area contributed by atoms with Crippen molar-refractivity contribution in [2.45, 2.75) is 62.3 Å². The molecule has 0 radical (unpaired) electrons. The van der Waals surface area contributed by atoms with Crippen molar-refractivity contribution < 1.29 is 14.7 Å². The molecule has 1 aromatic carbocycles. The van der Waals surface area contributed by atoms with Crippen LogP contribution in [0.2, 0.25) is 0 Å². The molecule has 0 saturated heterocycles. The number of carboxylic acid groups (broad SMARTS) is 1. The molecule has 122 valence electrons. The molecular formula is C19H23NO3. The third-order valence-corrected chi connectivity index (χ3v) is 6.26. The van der Waals surface area contributed by atoms with E-state index in [1.165, 1.54) is 11.1 Å². The summed E-state index contributed by atoms with van der Waals surface area (Å²) < 4.78 is 0. The number of hydrogen-bond donors (Lipinski definition) is 2. The van der Waals surface area contributed by atoms with E-state index in [0.717, 1.165) is 38.5 Å². The minimum absolute atomic E-state index is 0.0188. The predicted molar refractivity (Wildman–Crippen MR) is 86.1 cm³/mol. The number of fused-ring (bicyclic) bond motifs is 2.